The third-order valence-corrected chi connectivity index (χ3v) is 1.20. The van der Waals surface area contributed by atoms with Gasteiger partial charge >= 0.3 is 0 Å². The minimum absolute atomic E-state index is 0.458. The zero-order valence-corrected chi connectivity index (χ0v) is 5.02. The summed E-state index contributed by atoms with van der Waals surface area (Å²) in [5.41, 5.74) is 0. The predicted molar refractivity (Wildman–Crippen MR) is 28.1 cm³/mol. The Morgan fingerprint density at radius 3 is 2.44 bits per heavy atom. The molecule has 1 fully saturated rings. The Labute approximate surface area is 52.4 Å². The van der Waals surface area contributed by atoms with E-state index in [9.17, 15) is 8.78 Å². The minimum atomic E-state index is -2.34. The van der Waals surface area contributed by atoms with Crippen LogP contribution in [0.4, 0.5) is 8.78 Å². The molecule has 0 aromatic rings. The van der Waals surface area contributed by atoms with Gasteiger partial charge in [0, 0.05) is 13.1 Å². The summed E-state index contributed by atoms with van der Waals surface area (Å²) in [7, 11) is 0. The first-order valence-corrected chi connectivity index (χ1v) is 2.95. The number of halogens is 2. The second-order valence-corrected chi connectivity index (χ2v) is 1.97. The van der Waals surface area contributed by atoms with Crippen molar-refractivity contribution < 1.29 is 13.6 Å². The summed E-state index contributed by atoms with van der Waals surface area (Å²) in [6.07, 6.45) is -1.28. The zero-order valence-electron chi connectivity index (χ0n) is 5.02. The van der Waals surface area contributed by atoms with Gasteiger partial charge in [0.15, 0.2) is 0 Å². The molecule has 1 aliphatic rings. The summed E-state index contributed by atoms with van der Waals surface area (Å²) in [4.78, 5) is 4.62. The molecule has 0 aromatic carbocycles. The van der Waals surface area contributed by atoms with E-state index in [0.717, 1.165) is 19.5 Å². The third-order valence-electron chi connectivity index (χ3n) is 1.20. The number of nitrogens with zero attached hydrogens (tertiary/aromatic N) is 1. The van der Waals surface area contributed by atoms with E-state index in [0.29, 0.717) is 0 Å². The van der Waals surface area contributed by atoms with E-state index in [1.54, 1.807) is 5.06 Å². The molecule has 0 amide bonds. The van der Waals surface area contributed by atoms with Crippen LogP contribution in [0.2, 0.25) is 0 Å². The van der Waals surface area contributed by atoms with Crippen LogP contribution in [0, 0.1) is 0 Å². The normalized spacial score (nSPS) is 20.3. The number of hydrogen-bond donors (Lipinski definition) is 0. The van der Waals surface area contributed by atoms with Crippen molar-refractivity contribution in [2.45, 2.75) is 12.8 Å². The van der Waals surface area contributed by atoms with Crippen LogP contribution in [0.1, 0.15) is 6.42 Å². The Balaban J connectivity index is 1.91. The van der Waals surface area contributed by atoms with Crippen LogP contribution in [0.15, 0.2) is 0 Å². The molecule has 1 rings (SSSR count). The first kappa shape index (κ1) is 6.89. The maximum atomic E-state index is 11.4. The van der Waals surface area contributed by atoms with Gasteiger partial charge in [0.2, 0.25) is 0 Å². The Bertz CT molecular complexity index is 85.0. The fraction of sp³-hybridized carbons (Fsp3) is 1.00. The number of rotatable bonds is 3. The summed E-state index contributed by atoms with van der Waals surface area (Å²) in [6, 6.07) is 0. The molecule has 0 saturated carbocycles. The molecule has 54 valence electrons. The lowest BCUT2D eigenvalue weighted by molar-refractivity contribution is -0.216. The second kappa shape index (κ2) is 3.08. The van der Waals surface area contributed by atoms with E-state index >= 15 is 0 Å². The van der Waals surface area contributed by atoms with Crippen LogP contribution in [0.3, 0.4) is 0 Å². The lowest BCUT2D eigenvalue weighted by Gasteiger charge is -2.29. The molecule has 4 heteroatoms. The molecular weight excluding hydrogens is 128 g/mol. The molecule has 2 nitrogen and oxygen atoms in total. The van der Waals surface area contributed by atoms with Crippen LogP contribution in [0.5, 0.6) is 0 Å². The van der Waals surface area contributed by atoms with Gasteiger partial charge < -0.3 is 0 Å². The second-order valence-electron chi connectivity index (χ2n) is 1.97. The summed E-state index contributed by atoms with van der Waals surface area (Å²) in [6.45, 7) is 1.14. The number of hydroxylamine groups is 2. The highest BCUT2D eigenvalue weighted by atomic mass is 19.3. The largest absolute Gasteiger partial charge is 0.293 e. The van der Waals surface area contributed by atoms with E-state index in [1.165, 1.54) is 0 Å². The molecule has 9 heavy (non-hydrogen) atoms. The summed E-state index contributed by atoms with van der Waals surface area (Å²) in [5.74, 6) is 0. The molecule has 0 bridgehead atoms. The quantitative estimate of drug-likeness (QED) is 0.572. The Hall–Kier alpha value is -0.220. The van der Waals surface area contributed by atoms with Crippen LogP contribution < -0.4 is 0 Å². The fourth-order valence-corrected chi connectivity index (χ4v) is 0.578. The van der Waals surface area contributed by atoms with Gasteiger partial charge in [0.25, 0.3) is 6.43 Å². The van der Waals surface area contributed by atoms with Crippen molar-refractivity contribution in [1.82, 2.24) is 5.06 Å². The van der Waals surface area contributed by atoms with E-state index < -0.39 is 13.0 Å². The van der Waals surface area contributed by atoms with E-state index in [1.807, 2.05) is 0 Å². The topological polar surface area (TPSA) is 12.5 Å². The van der Waals surface area contributed by atoms with E-state index in [-0.39, 0.29) is 0 Å². The average Bonchev–Trinajstić information content (AvgIpc) is 1.60. The Kier molecular flexibility index (Phi) is 2.36. The van der Waals surface area contributed by atoms with Crippen LogP contribution in [0.25, 0.3) is 0 Å². The van der Waals surface area contributed by atoms with Gasteiger partial charge in [0.1, 0.15) is 6.61 Å². The third kappa shape index (κ3) is 2.24. The average molecular weight is 137 g/mol. The number of hydrogen-bond acceptors (Lipinski definition) is 2. The lowest BCUT2D eigenvalue weighted by Crippen LogP contribution is -2.38. The molecule has 0 aromatic heterocycles. The van der Waals surface area contributed by atoms with Gasteiger partial charge in [-0.25, -0.2) is 8.78 Å². The molecule has 0 aliphatic carbocycles. The van der Waals surface area contributed by atoms with Gasteiger partial charge in [-0.1, -0.05) is 0 Å². The summed E-state index contributed by atoms with van der Waals surface area (Å²) in [5, 5.41) is 1.55. The lowest BCUT2D eigenvalue weighted by atomic mass is 10.3. The first-order chi connectivity index (χ1) is 4.29. The van der Waals surface area contributed by atoms with Gasteiger partial charge in [-0.15, -0.1) is 0 Å². The Morgan fingerprint density at radius 1 is 1.44 bits per heavy atom. The molecule has 0 N–H and O–H groups in total. The summed E-state index contributed by atoms with van der Waals surface area (Å²) >= 11 is 0. The van der Waals surface area contributed by atoms with Crippen molar-refractivity contribution in [3.05, 3.63) is 0 Å². The highest BCUT2D eigenvalue weighted by Crippen LogP contribution is 2.06. The van der Waals surface area contributed by atoms with Gasteiger partial charge in [-0.3, -0.25) is 4.84 Å². The molecule has 0 radical (unpaired) electrons. The van der Waals surface area contributed by atoms with Crippen molar-refractivity contribution in [3.8, 4) is 0 Å². The van der Waals surface area contributed by atoms with Gasteiger partial charge in [-0.2, -0.15) is 5.06 Å². The maximum absolute atomic E-state index is 11.4. The zero-order chi connectivity index (χ0) is 6.69. The Morgan fingerprint density at radius 2 is 2.11 bits per heavy atom. The van der Waals surface area contributed by atoms with Crippen molar-refractivity contribution in [3.63, 3.8) is 0 Å². The van der Waals surface area contributed by atoms with Gasteiger partial charge in [0.05, 0.1) is 0 Å². The van der Waals surface area contributed by atoms with Crippen LogP contribution in [-0.2, 0) is 4.84 Å². The molecule has 1 aliphatic heterocycles. The standard InChI is InChI=1S/C5H9F2NO/c6-5(7)4-9-8-2-1-3-8/h5H,1-4H2. The monoisotopic (exact) mass is 137 g/mol. The summed E-state index contributed by atoms with van der Waals surface area (Å²) < 4.78 is 22.8. The SMILES string of the molecule is FC(F)CON1CCC1. The molecule has 0 unspecified atom stereocenters. The molecule has 0 spiro atoms. The predicted octanol–water partition coefficient (Wildman–Crippen LogP) is 0.889. The van der Waals surface area contributed by atoms with Crippen molar-refractivity contribution >= 4 is 0 Å². The molecular formula is C5H9F2NO. The molecule has 0 atom stereocenters. The maximum Gasteiger partial charge on any atom is 0.263 e. The van der Waals surface area contributed by atoms with Crippen molar-refractivity contribution in [2.24, 2.45) is 0 Å². The minimum Gasteiger partial charge on any atom is -0.293 e. The fourth-order valence-electron chi connectivity index (χ4n) is 0.578. The highest BCUT2D eigenvalue weighted by molar-refractivity contribution is 4.58. The van der Waals surface area contributed by atoms with E-state index in [2.05, 4.69) is 4.84 Å². The van der Waals surface area contributed by atoms with Gasteiger partial charge in [-0.05, 0) is 6.42 Å². The molecule has 1 heterocycles. The van der Waals surface area contributed by atoms with Crippen LogP contribution in [-0.4, -0.2) is 31.2 Å². The smallest absolute Gasteiger partial charge is 0.263 e. The van der Waals surface area contributed by atoms with E-state index in [4.69, 9.17) is 0 Å². The van der Waals surface area contributed by atoms with Crippen molar-refractivity contribution in [2.75, 3.05) is 19.7 Å². The van der Waals surface area contributed by atoms with Crippen LogP contribution >= 0.6 is 0 Å². The van der Waals surface area contributed by atoms with Crippen molar-refractivity contribution in [1.29, 1.82) is 0 Å². The highest BCUT2D eigenvalue weighted by Gasteiger charge is 2.15. The first-order valence-electron chi connectivity index (χ1n) is 2.95. The number of alkyl halides is 2. The molecule has 1 saturated heterocycles.